The summed E-state index contributed by atoms with van der Waals surface area (Å²) in [5.74, 6) is 0. The second kappa shape index (κ2) is 8.08. The summed E-state index contributed by atoms with van der Waals surface area (Å²) in [4.78, 5) is 2.52. The van der Waals surface area contributed by atoms with Crippen molar-refractivity contribution in [1.29, 1.82) is 0 Å². The van der Waals surface area contributed by atoms with Gasteiger partial charge in [0.1, 0.15) is 0 Å². The average molecular weight is 214 g/mol. The number of nitrogens with zero attached hydrogens (tertiary/aromatic N) is 1. The van der Waals surface area contributed by atoms with Gasteiger partial charge >= 0.3 is 0 Å². The second-order valence-corrected chi connectivity index (χ2v) is 4.44. The van der Waals surface area contributed by atoms with Crippen LogP contribution >= 0.6 is 0 Å². The lowest BCUT2D eigenvalue weighted by Gasteiger charge is -2.30. The van der Waals surface area contributed by atoms with Crippen LogP contribution in [-0.2, 0) is 4.74 Å². The Kier molecular flexibility index (Phi) is 6.98. The van der Waals surface area contributed by atoms with E-state index >= 15 is 0 Å². The summed E-state index contributed by atoms with van der Waals surface area (Å²) in [6, 6.07) is 0. The molecule has 1 N–H and O–H groups in total. The molecular weight excluding hydrogens is 188 g/mol. The number of nitrogens with one attached hydrogen (secondary N) is 1. The topological polar surface area (TPSA) is 24.5 Å². The smallest absolute Gasteiger partial charge is 0.0674 e. The standard InChI is InChI=1S/C12H26N2O/c1-3-6-13-7-4-5-8-14-9-10-15-12(2)11-14/h12-13H,3-11H2,1-2H3. The van der Waals surface area contributed by atoms with Gasteiger partial charge in [-0.3, -0.25) is 4.90 Å². The number of hydrogen-bond donors (Lipinski definition) is 1. The Morgan fingerprint density at radius 2 is 2.20 bits per heavy atom. The summed E-state index contributed by atoms with van der Waals surface area (Å²) in [6.07, 6.45) is 4.27. The van der Waals surface area contributed by atoms with E-state index in [0.29, 0.717) is 6.10 Å². The molecule has 1 rings (SSSR count). The highest BCUT2D eigenvalue weighted by Gasteiger charge is 2.15. The van der Waals surface area contributed by atoms with Gasteiger partial charge in [0.25, 0.3) is 0 Å². The van der Waals surface area contributed by atoms with E-state index in [0.717, 1.165) is 26.2 Å². The van der Waals surface area contributed by atoms with Gasteiger partial charge in [0, 0.05) is 13.1 Å². The minimum atomic E-state index is 0.428. The van der Waals surface area contributed by atoms with Crippen molar-refractivity contribution >= 4 is 0 Å². The van der Waals surface area contributed by atoms with E-state index < -0.39 is 0 Å². The van der Waals surface area contributed by atoms with Gasteiger partial charge in [0.15, 0.2) is 0 Å². The van der Waals surface area contributed by atoms with Crippen LogP contribution in [-0.4, -0.2) is 50.3 Å². The molecule has 1 aliphatic heterocycles. The molecule has 3 heteroatoms. The van der Waals surface area contributed by atoms with E-state index in [1.165, 1.54) is 32.4 Å². The Hall–Kier alpha value is -0.120. The van der Waals surface area contributed by atoms with Crippen LogP contribution in [0.5, 0.6) is 0 Å². The van der Waals surface area contributed by atoms with Crippen molar-refractivity contribution in [2.24, 2.45) is 0 Å². The van der Waals surface area contributed by atoms with Crippen molar-refractivity contribution in [2.75, 3.05) is 39.3 Å². The first kappa shape index (κ1) is 12.9. The monoisotopic (exact) mass is 214 g/mol. The molecule has 0 aromatic rings. The van der Waals surface area contributed by atoms with Crippen molar-refractivity contribution in [3.8, 4) is 0 Å². The summed E-state index contributed by atoms with van der Waals surface area (Å²) < 4.78 is 5.51. The highest BCUT2D eigenvalue weighted by atomic mass is 16.5. The number of hydrogen-bond acceptors (Lipinski definition) is 3. The second-order valence-electron chi connectivity index (χ2n) is 4.44. The van der Waals surface area contributed by atoms with E-state index in [4.69, 9.17) is 4.74 Å². The molecule has 0 amide bonds. The van der Waals surface area contributed by atoms with Crippen molar-refractivity contribution in [2.45, 2.75) is 39.2 Å². The van der Waals surface area contributed by atoms with Crippen LogP contribution in [0.25, 0.3) is 0 Å². The maximum absolute atomic E-state index is 5.51. The molecule has 0 radical (unpaired) electrons. The van der Waals surface area contributed by atoms with Gasteiger partial charge in [-0.1, -0.05) is 6.92 Å². The fourth-order valence-electron chi connectivity index (χ4n) is 1.98. The molecule has 0 bridgehead atoms. The zero-order valence-electron chi connectivity index (χ0n) is 10.3. The van der Waals surface area contributed by atoms with Gasteiger partial charge in [-0.15, -0.1) is 0 Å². The molecule has 1 aliphatic rings. The Morgan fingerprint density at radius 1 is 1.33 bits per heavy atom. The molecule has 1 atom stereocenters. The first-order chi connectivity index (χ1) is 7.33. The minimum Gasteiger partial charge on any atom is -0.376 e. The van der Waals surface area contributed by atoms with Crippen LogP contribution < -0.4 is 5.32 Å². The van der Waals surface area contributed by atoms with Crippen LogP contribution in [0.4, 0.5) is 0 Å². The molecule has 90 valence electrons. The fraction of sp³-hybridized carbons (Fsp3) is 1.00. The normalized spacial score (nSPS) is 23.2. The molecule has 15 heavy (non-hydrogen) atoms. The maximum atomic E-state index is 5.51. The van der Waals surface area contributed by atoms with E-state index in [1.807, 2.05) is 0 Å². The van der Waals surface area contributed by atoms with E-state index in [9.17, 15) is 0 Å². The van der Waals surface area contributed by atoms with Gasteiger partial charge < -0.3 is 10.1 Å². The number of morpholine rings is 1. The summed E-state index contributed by atoms with van der Waals surface area (Å²) in [5.41, 5.74) is 0. The number of rotatable bonds is 7. The maximum Gasteiger partial charge on any atom is 0.0674 e. The van der Waals surface area contributed by atoms with E-state index in [1.54, 1.807) is 0 Å². The quantitative estimate of drug-likeness (QED) is 0.650. The third kappa shape index (κ3) is 6.13. The molecule has 0 aromatic carbocycles. The molecule has 1 saturated heterocycles. The van der Waals surface area contributed by atoms with Gasteiger partial charge in [0.2, 0.25) is 0 Å². The fourth-order valence-corrected chi connectivity index (χ4v) is 1.98. The van der Waals surface area contributed by atoms with Crippen molar-refractivity contribution in [3.05, 3.63) is 0 Å². The molecule has 1 fully saturated rings. The molecule has 1 unspecified atom stereocenters. The summed E-state index contributed by atoms with van der Waals surface area (Å²) in [5, 5.41) is 3.44. The van der Waals surface area contributed by atoms with Crippen LogP contribution in [0.2, 0.25) is 0 Å². The zero-order valence-corrected chi connectivity index (χ0v) is 10.3. The SMILES string of the molecule is CCCNCCCCN1CCOC(C)C1. The van der Waals surface area contributed by atoms with Crippen molar-refractivity contribution in [1.82, 2.24) is 10.2 Å². The largest absolute Gasteiger partial charge is 0.376 e. The van der Waals surface area contributed by atoms with Crippen LogP contribution in [0, 0.1) is 0 Å². The molecule has 1 heterocycles. The molecule has 0 aromatic heterocycles. The molecule has 0 saturated carbocycles. The van der Waals surface area contributed by atoms with Crippen LogP contribution in [0.1, 0.15) is 33.1 Å². The first-order valence-electron chi connectivity index (χ1n) is 6.37. The zero-order chi connectivity index (χ0) is 10.9. The highest BCUT2D eigenvalue weighted by Crippen LogP contribution is 2.05. The van der Waals surface area contributed by atoms with Crippen LogP contribution in [0.15, 0.2) is 0 Å². The Labute approximate surface area is 94.2 Å². The highest BCUT2D eigenvalue weighted by molar-refractivity contribution is 4.67. The molecule has 3 nitrogen and oxygen atoms in total. The minimum absolute atomic E-state index is 0.428. The predicted molar refractivity (Wildman–Crippen MR) is 64.2 cm³/mol. The van der Waals surface area contributed by atoms with Crippen LogP contribution in [0.3, 0.4) is 0 Å². The Balaban J connectivity index is 1.90. The third-order valence-electron chi connectivity index (χ3n) is 2.83. The van der Waals surface area contributed by atoms with Gasteiger partial charge in [0.05, 0.1) is 12.7 Å². The summed E-state index contributed by atoms with van der Waals surface area (Å²) in [7, 11) is 0. The molecule has 0 aliphatic carbocycles. The lowest BCUT2D eigenvalue weighted by molar-refractivity contribution is -0.0185. The van der Waals surface area contributed by atoms with Crippen molar-refractivity contribution in [3.63, 3.8) is 0 Å². The first-order valence-corrected chi connectivity index (χ1v) is 6.37. The molecule has 0 spiro atoms. The van der Waals surface area contributed by atoms with Crippen molar-refractivity contribution < 1.29 is 4.74 Å². The van der Waals surface area contributed by atoms with E-state index in [-0.39, 0.29) is 0 Å². The average Bonchev–Trinajstić information content (AvgIpc) is 2.23. The van der Waals surface area contributed by atoms with Gasteiger partial charge in [-0.2, -0.15) is 0 Å². The van der Waals surface area contributed by atoms with E-state index in [2.05, 4.69) is 24.1 Å². The summed E-state index contributed by atoms with van der Waals surface area (Å²) >= 11 is 0. The number of ether oxygens (including phenoxy) is 1. The lowest BCUT2D eigenvalue weighted by atomic mass is 10.2. The van der Waals surface area contributed by atoms with Gasteiger partial charge in [-0.25, -0.2) is 0 Å². The molecular formula is C12H26N2O. The third-order valence-corrected chi connectivity index (χ3v) is 2.83. The summed E-state index contributed by atoms with van der Waals surface area (Å²) in [6.45, 7) is 11.1. The lowest BCUT2D eigenvalue weighted by Crippen LogP contribution is -2.41. The Morgan fingerprint density at radius 3 is 2.93 bits per heavy atom. The Bertz CT molecular complexity index is 153. The number of unbranched alkanes of at least 4 members (excludes halogenated alkanes) is 1. The predicted octanol–water partition coefficient (Wildman–Crippen LogP) is 1.49. The van der Waals surface area contributed by atoms with Gasteiger partial charge in [-0.05, 0) is 45.8 Å².